The molecule has 2 atom stereocenters. The predicted octanol–water partition coefficient (Wildman–Crippen LogP) is 1.39. The van der Waals surface area contributed by atoms with Crippen LogP contribution in [0.3, 0.4) is 0 Å². The maximum atomic E-state index is 12.5. The molecule has 3 N–H and O–H groups in total. The van der Waals surface area contributed by atoms with Crippen LogP contribution < -0.4 is 5.48 Å². The number of hydrogen-bond acceptors (Lipinski definition) is 7. The van der Waals surface area contributed by atoms with Gasteiger partial charge in [-0.15, -0.1) is 4.28 Å². The van der Waals surface area contributed by atoms with Crippen LogP contribution in [0.15, 0.2) is 47.4 Å². The highest BCUT2D eigenvalue weighted by Crippen LogP contribution is 2.35. The Hall–Kier alpha value is -2.05. The molecule has 0 bridgehead atoms. The maximum absolute atomic E-state index is 12.5. The number of nitrogens with one attached hydrogen (secondary N) is 1. The minimum Gasteiger partial charge on any atom is -0.380 e. The van der Waals surface area contributed by atoms with Gasteiger partial charge >= 0.3 is 10.1 Å². The van der Waals surface area contributed by atoms with E-state index >= 15 is 0 Å². The fourth-order valence-electron chi connectivity index (χ4n) is 3.55. The summed E-state index contributed by atoms with van der Waals surface area (Å²) in [4.78, 5) is 12.3. The topological polar surface area (TPSA) is 147 Å². The van der Waals surface area contributed by atoms with Crippen LogP contribution in [-0.2, 0) is 29.3 Å². The molecule has 3 rings (SSSR count). The SMILES string of the molecule is O=C(NOS(=O)(=O)c1ccc2ccccc2c1)C1(O)CCCCC1CS(=O)(=O)O. The number of rotatable bonds is 6. The number of carbonyl (C=O) groups excluding carboxylic acids is 1. The molecule has 0 saturated heterocycles. The van der Waals surface area contributed by atoms with Crippen molar-refractivity contribution in [2.45, 2.75) is 36.2 Å². The van der Waals surface area contributed by atoms with Gasteiger partial charge in [0.2, 0.25) is 0 Å². The quantitative estimate of drug-likeness (QED) is 0.448. The van der Waals surface area contributed by atoms with Crippen LogP contribution >= 0.6 is 0 Å². The third-order valence-electron chi connectivity index (χ3n) is 5.09. The summed E-state index contributed by atoms with van der Waals surface area (Å²) in [6.07, 6.45) is 1.09. The second-order valence-electron chi connectivity index (χ2n) is 7.09. The number of benzene rings is 2. The lowest BCUT2D eigenvalue weighted by molar-refractivity contribution is -0.156. The Morgan fingerprint density at radius 2 is 1.79 bits per heavy atom. The summed E-state index contributed by atoms with van der Waals surface area (Å²) in [5.74, 6) is -3.07. The minimum absolute atomic E-state index is 0.0849. The van der Waals surface area contributed by atoms with Crippen molar-refractivity contribution >= 4 is 36.9 Å². The van der Waals surface area contributed by atoms with E-state index in [4.69, 9.17) is 4.55 Å². The lowest BCUT2D eigenvalue weighted by Gasteiger charge is -2.37. The third-order valence-corrected chi connectivity index (χ3v) is 7.05. The van der Waals surface area contributed by atoms with E-state index in [-0.39, 0.29) is 17.7 Å². The normalized spacial score (nSPS) is 23.0. The van der Waals surface area contributed by atoms with E-state index in [1.807, 2.05) is 6.07 Å². The van der Waals surface area contributed by atoms with Crippen LogP contribution in [-0.4, -0.2) is 43.8 Å². The van der Waals surface area contributed by atoms with Crippen molar-refractivity contribution in [2.75, 3.05) is 5.75 Å². The van der Waals surface area contributed by atoms with Crippen molar-refractivity contribution < 1.29 is 35.6 Å². The Kier molecular flexibility index (Phi) is 5.97. The lowest BCUT2D eigenvalue weighted by Crippen LogP contribution is -2.55. The van der Waals surface area contributed by atoms with Gasteiger partial charge in [-0.05, 0) is 35.7 Å². The van der Waals surface area contributed by atoms with Crippen molar-refractivity contribution in [3.8, 4) is 0 Å². The fraction of sp³-hybridized carbons (Fsp3) is 0.389. The average molecular weight is 443 g/mol. The molecule has 0 spiro atoms. The van der Waals surface area contributed by atoms with E-state index in [2.05, 4.69) is 4.28 Å². The van der Waals surface area contributed by atoms with Crippen LogP contribution in [0.1, 0.15) is 25.7 Å². The molecule has 158 valence electrons. The van der Waals surface area contributed by atoms with Crippen molar-refractivity contribution in [3.05, 3.63) is 42.5 Å². The number of amides is 1. The predicted molar refractivity (Wildman–Crippen MR) is 104 cm³/mol. The fourth-order valence-corrected chi connectivity index (χ4v) is 5.29. The smallest absolute Gasteiger partial charge is 0.317 e. The molecular weight excluding hydrogens is 422 g/mol. The molecule has 0 aliphatic heterocycles. The van der Waals surface area contributed by atoms with Gasteiger partial charge < -0.3 is 5.11 Å². The first kappa shape index (κ1) is 21.7. The average Bonchev–Trinajstić information content (AvgIpc) is 2.66. The monoisotopic (exact) mass is 443 g/mol. The molecule has 0 aromatic heterocycles. The molecule has 29 heavy (non-hydrogen) atoms. The molecular formula is C18H21NO8S2. The highest BCUT2D eigenvalue weighted by molar-refractivity contribution is 7.86. The molecule has 1 fully saturated rings. The van der Waals surface area contributed by atoms with Crippen LogP contribution in [0.5, 0.6) is 0 Å². The first-order valence-corrected chi connectivity index (χ1v) is 11.9. The lowest BCUT2D eigenvalue weighted by atomic mass is 9.76. The highest BCUT2D eigenvalue weighted by atomic mass is 32.2. The molecule has 1 aliphatic carbocycles. The van der Waals surface area contributed by atoms with E-state index in [0.717, 1.165) is 5.39 Å². The van der Waals surface area contributed by atoms with Gasteiger partial charge in [0.1, 0.15) is 5.60 Å². The molecule has 9 nitrogen and oxygen atoms in total. The maximum Gasteiger partial charge on any atom is 0.317 e. The Balaban J connectivity index is 1.76. The number of hydroxylamine groups is 1. The van der Waals surface area contributed by atoms with Crippen LogP contribution in [0.25, 0.3) is 10.8 Å². The van der Waals surface area contributed by atoms with Gasteiger partial charge in [0.05, 0.1) is 10.6 Å². The first-order chi connectivity index (χ1) is 13.5. The number of hydrogen-bond donors (Lipinski definition) is 3. The molecule has 1 amide bonds. The Bertz CT molecular complexity index is 1130. The van der Waals surface area contributed by atoms with Crippen molar-refractivity contribution in [1.82, 2.24) is 5.48 Å². The van der Waals surface area contributed by atoms with E-state index in [1.165, 1.54) is 12.1 Å². The molecule has 11 heteroatoms. The number of carbonyl (C=O) groups is 1. The summed E-state index contributed by atoms with van der Waals surface area (Å²) in [5.41, 5.74) is -0.432. The second-order valence-corrected chi connectivity index (χ2v) is 10.1. The van der Waals surface area contributed by atoms with Crippen LogP contribution in [0.2, 0.25) is 0 Å². The zero-order valence-electron chi connectivity index (χ0n) is 15.3. The standard InChI is InChI=1S/C18H21NO8S2/c20-17(18(21)10-4-3-7-15(18)12-28(22,23)24)19-27-29(25,26)16-9-8-13-5-1-2-6-14(13)11-16/h1-2,5-6,8-9,11,15,21H,3-4,7,10,12H2,(H,19,20)(H,22,23,24). The van der Waals surface area contributed by atoms with Crippen LogP contribution in [0.4, 0.5) is 0 Å². The number of fused-ring (bicyclic) bond motifs is 1. The number of aliphatic hydroxyl groups is 1. The van der Waals surface area contributed by atoms with Gasteiger partial charge in [0.25, 0.3) is 16.0 Å². The Labute approximate surface area is 168 Å². The summed E-state index contributed by atoms with van der Waals surface area (Å²) in [5, 5.41) is 12.2. The van der Waals surface area contributed by atoms with Crippen molar-refractivity contribution in [3.63, 3.8) is 0 Å². The summed E-state index contributed by atoms with van der Waals surface area (Å²) >= 11 is 0. The molecule has 1 aliphatic rings. The summed E-state index contributed by atoms with van der Waals surface area (Å²) in [6, 6.07) is 11.4. The molecule has 2 unspecified atom stereocenters. The van der Waals surface area contributed by atoms with E-state index < -0.39 is 43.4 Å². The summed E-state index contributed by atoms with van der Waals surface area (Å²) in [7, 11) is -8.81. The molecule has 1 saturated carbocycles. The molecule has 0 radical (unpaired) electrons. The molecule has 0 heterocycles. The highest BCUT2D eigenvalue weighted by Gasteiger charge is 2.47. The van der Waals surface area contributed by atoms with Crippen molar-refractivity contribution in [2.24, 2.45) is 5.92 Å². The summed E-state index contributed by atoms with van der Waals surface area (Å²) in [6.45, 7) is 0. The van der Waals surface area contributed by atoms with Gasteiger partial charge in [-0.25, -0.2) is 5.48 Å². The van der Waals surface area contributed by atoms with Gasteiger partial charge in [-0.3, -0.25) is 9.35 Å². The zero-order valence-corrected chi connectivity index (χ0v) is 16.9. The van der Waals surface area contributed by atoms with E-state index in [0.29, 0.717) is 18.2 Å². The second kappa shape index (κ2) is 8.00. The van der Waals surface area contributed by atoms with Crippen LogP contribution in [0, 0.1) is 5.92 Å². The zero-order chi connectivity index (χ0) is 21.3. The largest absolute Gasteiger partial charge is 0.380 e. The molecule has 2 aromatic carbocycles. The van der Waals surface area contributed by atoms with Gasteiger partial charge in [0, 0.05) is 5.92 Å². The van der Waals surface area contributed by atoms with Gasteiger partial charge in [-0.1, -0.05) is 43.2 Å². The Morgan fingerprint density at radius 1 is 1.10 bits per heavy atom. The Morgan fingerprint density at radius 3 is 2.48 bits per heavy atom. The minimum atomic E-state index is -4.43. The van der Waals surface area contributed by atoms with Crippen molar-refractivity contribution in [1.29, 1.82) is 0 Å². The summed E-state index contributed by atoms with van der Waals surface area (Å²) < 4.78 is 61.0. The van der Waals surface area contributed by atoms with E-state index in [1.54, 1.807) is 29.7 Å². The third kappa shape index (κ3) is 4.93. The van der Waals surface area contributed by atoms with Gasteiger partial charge in [0.15, 0.2) is 0 Å². The van der Waals surface area contributed by atoms with E-state index in [9.17, 15) is 26.7 Å². The van der Waals surface area contributed by atoms with Gasteiger partial charge in [-0.2, -0.15) is 16.8 Å². The first-order valence-electron chi connectivity index (χ1n) is 8.91. The molecule has 2 aromatic rings.